The lowest BCUT2D eigenvalue weighted by atomic mass is 10.0. The van der Waals surface area contributed by atoms with Gasteiger partial charge in [0, 0.05) is 73.1 Å². The molecule has 0 bridgehead atoms. The number of hydrogen-bond donors (Lipinski definition) is 2. The lowest BCUT2D eigenvalue weighted by Gasteiger charge is -2.36. The standard InChI is InChI=1S/C25H24FN5O5S/c26-16-12-18-19(14-31(25(18)34)21-3-4-23(32)28-24(21)33)22(13-16)29-7-9-30(10-8-29)37(35,36)17-1-2-20-15(11-17)5-6-27-20/h1-2,5-6,11-13,21,27H,3-4,7-10,14H2,(H,28,32,33). The number of fused-ring (bicyclic) bond motifs is 2. The number of piperidine rings is 1. The molecule has 1 unspecified atom stereocenters. The van der Waals surface area contributed by atoms with Crippen LogP contribution < -0.4 is 10.2 Å². The van der Waals surface area contributed by atoms with Crippen LogP contribution in [0.4, 0.5) is 10.1 Å². The van der Waals surface area contributed by atoms with Crippen LogP contribution >= 0.6 is 0 Å². The van der Waals surface area contributed by atoms with Crippen LogP contribution in [0.15, 0.2) is 47.5 Å². The molecule has 3 amide bonds. The summed E-state index contributed by atoms with van der Waals surface area (Å²) in [6.07, 6.45) is 2.10. The number of nitrogens with zero attached hydrogens (tertiary/aromatic N) is 3. The molecule has 4 heterocycles. The van der Waals surface area contributed by atoms with E-state index in [1.165, 1.54) is 21.3 Å². The Morgan fingerprint density at radius 1 is 0.973 bits per heavy atom. The SMILES string of the molecule is O=C1CCC(N2Cc3c(cc(F)cc3N3CCN(S(=O)(=O)c4ccc5[nH]ccc5c4)CC3)C2=O)C(=O)N1. The topological polar surface area (TPSA) is 123 Å². The Hall–Kier alpha value is -3.77. The van der Waals surface area contributed by atoms with Gasteiger partial charge in [-0.3, -0.25) is 19.7 Å². The van der Waals surface area contributed by atoms with Crippen molar-refractivity contribution in [3.63, 3.8) is 0 Å². The lowest BCUT2D eigenvalue weighted by Crippen LogP contribution is -2.52. The molecule has 3 aliphatic heterocycles. The van der Waals surface area contributed by atoms with Crippen LogP contribution in [0.1, 0.15) is 28.8 Å². The summed E-state index contributed by atoms with van der Waals surface area (Å²) < 4.78 is 42.6. The highest BCUT2D eigenvalue weighted by Gasteiger charge is 2.41. The smallest absolute Gasteiger partial charge is 0.255 e. The summed E-state index contributed by atoms with van der Waals surface area (Å²) in [5, 5.41) is 3.07. The molecule has 12 heteroatoms. The Balaban J connectivity index is 1.22. The van der Waals surface area contributed by atoms with Gasteiger partial charge in [0.1, 0.15) is 11.9 Å². The minimum Gasteiger partial charge on any atom is -0.369 e. The summed E-state index contributed by atoms with van der Waals surface area (Å²) in [6, 6.07) is 8.50. The second-order valence-electron chi connectivity index (χ2n) is 9.47. The number of imide groups is 1. The monoisotopic (exact) mass is 525 g/mol. The first-order chi connectivity index (χ1) is 17.7. The molecule has 0 aliphatic carbocycles. The van der Waals surface area contributed by atoms with E-state index in [9.17, 15) is 27.2 Å². The molecule has 1 aromatic heterocycles. The zero-order valence-electron chi connectivity index (χ0n) is 19.7. The van der Waals surface area contributed by atoms with Crippen LogP contribution in [0.3, 0.4) is 0 Å². The van der Waals surface area contributed by atoms with Gasteiger partial charge < -0.3 is 14.8 Å². The molecular formula is C25H24FN5O5S. The number of rotatable bonds is 4. The van der Waals surface area contributed by atoms with Crippen molar-refractivity contribution in [3.05, 3.63) is 59.5 Å². The van der Waals surface area contributed by atoms with Gasteiger partial charge in [0.2, 0.25) is 21.8 Å². The fourth-order valence-electron chi connectivity index (χ4n) is 5.40. The fourth-order valence-corrected chi connectivity index (χ4v) is 6.86. The summed E-state index contributed by atoms with van der Waals surface area (Å²) >= 11 is 0. The molecule has 2 N–H and O–H groups in total. The largest absolute Gasteiger partial charge is 0.369 e. The van der Waals surface area contributed by atoms with Crippen LogP contribution in [0.5, 0.6) is 0 Å². The number of nitrogens with one attached hydrogen (secondary N) is 2. The molecule has 1 atom stereocenters. The quantitative estimate of drug-likeness (QED) is 0.499. The molecule has 3 aliphatic rings. The molecule has 10 nitrogen and oxygen atoms in total. The molecule has 6 rings (SSSR count). The molecular weight excluding hydrogens is 501 g/mol. The number of aromatic nitrogens is 1. The minimum absolute atomic E-state index is 0.116. The number of halogens is 1. The van der Waals surface area contributed by atoms with Crippen molar-refractivity contribution in [2.45, 2.75) is 30.3 Å². The van der Waals surface area contributed by atoms with Gasteiger partial charge in [-0.05, 0) is 42.8 Å². The third-order valence-electron chi connectivity index (χ3n) is 7.34. The molecule has 3 aromatic rings. The van der Waals surface area contributed by atoms with Gasteiger partial charge >= 0.3 is 0 Å². The average molecular weight is 526 g/mol. The summed E-state index contributed by atoms with van der Waals surface area (Å²) in [5.41, 5.74) is 2.16. The van der Waals surface area contributed by atoms with Crippen molar-refractivity contribution in [1.82, 2.24) is 19.5 Å². The second-order valence-corrected chi connectivity index (χ2v) is 11.4. The predicted octanol–water partition coefficient (Wildman–Crippen LogP) is 1.58. The van der Waals surface area contributed by atoms with Crippen LogP contribution in [0, 0.1) is 5.82 Å². The van der Waals surface area contributed by atoms with E-state index >= 15 is 0 Å². The number of anilines is 1. The number of amides is 3. The number of hydrogen-bond acceptors (Lipinski definition) is 6. The second kappa shape index (κ2) is 8.67. The molecule has 2 fully saturated rings. The van der Waals surface area contributed by atoms with Crippen LogP contribution in [0.2, 0.25) is 0 Å². The van der Waals surface area contributed by atoms with E-state index in [1.807, 2.05) is 11.0 Å². The van der Waals surface area contributed by atoms with E-state index in [1.54, 1.807) is 24.4 Å². The lowest BCUT2D eigenvalue weighted by molar-refractivity contribution is -0.136. The first-order valence-electron chi connectivity index (χ1n) is 12.0. The summed E-state index contributed by atoms with van der Waals surface area (Å²) in [5.74, 6) is -1.94. The van der Waals surface area contributed by atoms with Crippen molar-refractivity contribution in [1.29, 1.82) is 0 Å². The third-order valence-corrected chi connectivity index (χ3v) is 9.23. The first kappa shape index (κ1) is 23.6. The van der Waals surface area contributed by atoms with Gasteiger partial charge in [-0.15, -0.1) is 0 Å². The highest BCUT2D eigenvalue weighted by molar-refractivity contribution is 7.89. The number of H-pyrrole nitrogens is 1. The van der Waals surface area contributed by atoms with Crippen molar-refractivity contribution >= 4 is 44.3 Å². The Morgan fingerprint density at radius 2 is 1.76 bits per heavy atom. The number of aromatic amines is 1. The zero-order chi connectivity index (χ0) is 25.9. The molecule has 2 saturated heterocycles. The molecule has 192 valence electrons. The molecule has 0 spiro atoms. The molecule has 0 saturated carbocycles. The van der Waals surface area contributed by atoms with E-state index < -0.39 is 33.7 Å². The summed E-state index contributed by atoms with van der Waals surface area (Å²) in [4.78, 5) is 43.5. The molecule has 37 heavy (non-hydrogen) atoms. The van der Waals surface area contributed by atoms with Crippen molar-refractivity contribution in [2.75, 3.05) is 31.1 Å². The highest BCUT2D eigenvalue weighted by Crippen LogP contribution is 2.36. The first-order valence-corrected chi connectivity index (χ1v) is 13.5. The van der Waals surface area contributed by atoms with E-state index in [0.29, 0.717) is 24.3 Å². The van der Waals surface area contributed by atoms with Gasteiger partial charge in [-0.2, -0.15) is 4.31 Å². The number of carbonyl (C=O) groups is 3. The van der Waals surface area contributed by atoms with E-state index in [-0.39, 0.29) is 48.8 Å². The fraction of sp³-hybridized carbons (Fsp3) is 0.320. The van der Waals surface area contributed by atoms with Crippen molar-refractivity contribution in [3.8, 4) is 0 Å². The Morgan fingerprint density at radius 3 is 2.51 bits per heavy atom. The van der Waals surface area contributed by atoms with Crippen LogP contribution in [-0.2, 0) is 26.2 Å². The highest BCUT2D eigenvalue weighted by atomic mass is 32.2. The summed E-state index contributed by atoms with van der Waals surface area (Å²) in [6.45, 7) is 1.14. The number of piperazine rings is 1. The summed E-state index contributed by atoms with van der Waals surface area (Å²) in [7, 11) is -3.71. The number of sulfonamides is 1. The van der Waals surface area contributed by atoms with Crippen LogP contribution in [0.25, 0.3) is 10.9 Å². The van der Waals surface area contributed by atoms with Gasteiger partial charge in [0.05, 0.1) is 4.90 Å². The van der Waals surface area contributed by atoms with Gasteiger partial charge in [-0.25, -0.2) is 12.8 Å². The van der Waals surface area contributed by atoms with Crippen LogP contribution in [-0.4, -0.2) is 72.5 Å². The Bertz CT molecular complexity index is 1560. The Labute approximate surface area is 212 Å². The molecule has 2 aromatic carbocycles. The van der Waals surface area contributed by atoms with E-state index in [2.05, 4.69) is 10.3 Å². The average Bonchev–Trinajstić information content (AvgIpc) is 3.48. The number of carbonyl (C=O) groups excluding carboxylic acids is 3. The predicted molar refractivity (Wildman–Crippen MR) is 132 cm³/mol. The maximum Gasteiger partial charge on any atom is 0.255 e. The third kappa shape index (κ3) is 3.96. The Kier molecular flexibility index (Phi) is 5.53. The maximum atomic E-state index is 14.6. The van der Waals surface area contributed by atoms with E-state index in [0.717, 1.165) is 10.9 Å². The van der Waals surface area contributed by atoms with E-state index in [4.69, 9.17) is 0 Å². The van der Waals surface area contributed by atoms with Gasteiger partial charge in [-0.1, -0.05) is 0 Å². The number of benzene rings is 2. The van der Waals surface area contributed by atoms with Gasteiger partial charge in [0.15, 0.2) is 0 Å². The van der Waals surface area contributed by atoms with Crippen molar-refractivity contribution in [2.24, 2.45) is 0 Å². The zero-order valence-corrected chi connectivity index (χ0v) is 20.6. The maximum absolute atomic E-state index is 14.6. The van der Waals surface area contributed by atoms with Gasteiger partial charge in [0.25, 0.3) is 5.91 Å². The molecule has 0 radical (unpaired) electrons. The van der Waals surface area contributed by atoms with Crippen molar-refractivity contribution < 1.29 is 27.2 Å². The minimum atomic E-state index is -3.71. The normalized spacial score (nSPS) is 21.0.